The molecule has 1 aromatic rings. The molecular formula is C12H16ClF4NO2. The molecule has 1 atom stereocenters. The van der Waals surface area contributed by atoms with Crippen LogP contribution in [-0.4, -0.2) is 16.8 Å². The lowest BCUT2D eigenvalue weighted by Crippen LogP contribution is -2.34. The summed E-state index contributed by atoms with van der Waals surface area (Å²) >= 11 is 0. The van der Waals surface area contributed by atoms with E-state index in [-0.39, 0.29) is 12.4 Å². The number of phenols is 1. The zero-order valence-electron chi connectivity index (χ0n) is 10.8. The zero-order chi connectivity index (χ0) is 15.0. The third-order valence-corrected chi connectivity index (χ3v) is 3.03. The third kappa shape index (κ3) is 3.53. The molecule has 1 rings (SSSR count). The number of rotatable bonds is 3. The van der Waals surface area contributed by atoms with Gasteiger partial charge in [0, 0.05) is 23.6 Å². The molecule has 3 nitrogen and oxygen atoms in total. The summed E-state index contributed by atoms with van der Waals surface area (Å²) in [7, 11) is 0. The lowest BCUT2D eigenvalue weighted by Gasteiger charge is -2.32. The van der Waals surface area contributed by atoms with Crippen LogP contribution in [0.1, 0.15) is 31.0 Å². The van der Waals surface area contributed by atoms with E-state index in [0.29, 0.717) is 12.1 Å². The fraction of sp³-hybridized carbons (Fsp3) is 0.500. The highest BCUT2D eigenvalue weighted by Crippen LogP contribution is 2.44. The summed E-state index contributed by atoms with van der Waals surface area (Å²) < 4.78 is 51.8. The van der Waals surface area contributed by atoms with Gasteiger partial charge in [0.1, 0.15) is 0 Å². The first kappa shape index (κ1) is 18.9. The van der Waals surface area contributed by atoms with Crippen LogP contribution in [0.15, 0.2) is 12.1 Å². The molecule has 0 saturated heterocycles. The summed E-state index contributed by atoms with van der Waals surface area (Å²) in [4.78, 5) is 0. The molecule has 0 aliphatic carbocycles. The smallest absolute Gasteiger partial charge is 0.416 e. The molecule has 0 amide bonds. The van der Waals surface area contributed by atoms with E-state index in [0.717, 1.165) is 0 Å². The molecule has 0 fully saturated rings. The van der Waals surface area contributed by atoms with Crippen LogP contribution in [0.3, 0.4) is 0 Å². The monoisotopic (exact) mass is 317 g/mol. The Morgan fingerprint density at radius 1 is 1.25 bits per heavy atom. The molecule has 4 N–H and O–H groups in total. The second kappa shape index (κ2) is 6.15. The summed E-state index contributed by atoms with van der Waals surface area (Å²) in [5.74, 6) is -2.32. The summed E-state index contributed by atoms with van der Waals surface area (Å²) in [6.45, 7) is 2.33. The Morgan fingerprint density at radius 3 is 2.15 bits per heavy atom. The summed E-state index contributed by atoms with van der Waals surface area (Å²) in [5.41, 5.74) is 2.56. The standard InChI is InChI=1S/C12H15F4NO2.ClH/c1-11(2,5-18)10(17)8-6(12(14,15)16)3-4-7(13)9(8)19;/h3-4,10,18-19H,5,17H2,1-2H3;1H/t10-;/m1./s1. The van der Waals surface area contributed by atoms with Crippen molar-refractivity contribution in [3.63, 3.8) is 0 Å². The molecule has 0 saturated carbocycles. The highest BCUT2D eigenvalue weighted by molar-refractivity contribution is 5.85. The highest BCUT2D eigenvalue weighted by Gasteiger charge is 2.40. The van der Waals surface area contributed by atoms with Crippen molar-refractivity contribution in [2.45, 2.75) is 26.1 Å². The van der Waals surface area contributed by atoms with Gasteiger partial charge < -0.3 is 15.9 Å². The fourth-order valence-electron chi connectivity index (χ4n) is 1.63. The number of benzene rings is 1. The molecule has 116 valence electrons. The predicted octanol–water partition coefficient (Wildman–Crippen LogP) is 2.99. The minimum atomic E-state index is -4.77. The summed E-state index contributed by atoms with van der Waals surface area (Å²) in [6.07, 6.45) is -4.77. The van der Waals surface area contributed by atoms with Crippen molar-refractivity contribution in [1.82, 2.24) is 0 Å². The average molecular weight is 318 g/mol. The van der Waals surface area contributed by atoms with E-state index in [1.165, 1.54) is 13.8 Å². The highest BCUT2D eigenvalue weighted by atomic mass is 35.5. The molecular weight excluding hydrogens is 302 g/mol. The molecule has 0 bridgehead atoms. The SMILES string of the molecule is CC(C)(CO)[C@H](N)c1c(C(F)(F)F)ccc(F)c1O.Cl. The van der Waals surface area contributed by atoms with E-state index in [9.17, 15) is 22.7 Å². The topological polar surface area (TPSA) is 66.5 Å². The van der Waals surface area contributed by atoms with Crippen LogP contribution in [0.25, 0.3) is 0 Å². The second-order valence-corrected chi connectivity index (χ2v) is 4.98. The van der Waals surface area contributed by atoms with Crippen molar-refractivity contribution < 1.29 is 27.8 Å². The van der Waals surface area contributed by atoms with E-state index < -0.39 is 46.9 Å². The van der Waals surface area contributed by atoms with Crippen molar-refractivity contribution in [3.8, 4) is 5.75 Å². The molecule has 0 spiro atoms. The molecule has 0 heterocycles. The minimum absolute atomic E-state index is 0. The number of halogens is 5. The molecule has 0 aliphatic rings. The number of aliphatic hydroxyl groups is 1. The number of alkyl halides is 3. The van der Waals surface area contributed by atoms with Crippen LogP contribution in [0.4, 0.5) is 17.6 Å². The first-order valence-corrected chi connectivity index (χ1v) is 5.47. The molecule has 20 heavy (non-hydrogen) atoms. The van der Waals surface area contributed by atoms with Crippen molar-refractivity contribution in [1.29, 1.82) is 0 Å². The van der Waals surface area contributed by atoms with Gasteiger partial charge in [-0.2, -0.15) is 13.2 Å². The van der Waals surface area contributed by atoms with Crippen LogP contribution in [-0.2, 0) is 6.18 Å². The Balaban J connectivity index is 0.00000361. The second-order valence-electron chi connectivity index (χ2n) is 4.98. The van der Waals surface area contributed by atoms with Gasteiger partial charge in [0.2, 0.25) is 0 Å². The van der Waals surface area contributed by atoms with Crippen molar-refractivity contribution in [2.24, 2.45) is 11.1 Å². The number of nitrogens with two attached hydrogens (primary N) is 1. The fourth-order valence-corrected chi connectivity index (χ4v) is 1.63. The third-order valence-electron chi connectivity index (χ3n) is 3.03. The van der Waals surface area contributed by atoms with Gasteiger partial charge in [0.15, 0.2) is 11.6 Å². The number of aromatic hydroxyl groups is 1. The first-order chi connectivity index (χ1) is 8.52. The van der Waals surface area contributed by atoms with Gasteiger partial charge in [-0.05, 0) is 12.1 Å². The number of phenolic OH excluding ortho intramolecular Hbond substituents is 1. The average Bonchev–Trinajstić information content (AvgIpc) is 2.30. The van der Waals surface area contributed by atoms with Crippen LogP contribution in [0, 0.1) is 11.2 Å². The van der Waals surface area contributed by atoms with E-state index in [2.05, 4.69) is 0 Å². The Kier molecular flexibility index (Phi) is 5.83. The summed E-state index contributed by atoms with van der Waals surface area (Å²) in [5, 5.41) is 18.7. The van der Waals surface area contributed by atoms with Crippen molar-refractivity contribution in [2.75, 3.05) is 6.61 Å². The van der Waals surface area contributed by atoms with Crippen molar-refractivity contribution >= 4 is 12.4 Å². The predicted molar refractivity (Wildman–Crippen MR) is 68.1 cm³/mol. The van der Waals surface area contributed by atoms with Crippen LogP contribution in [0.5, 0.6) is 5.75 Å². The molecule has 1 aromatic carbocycles. The number of aliphatic hydroxyl groups excluding tert-OH is 1. The maximum Gasteiger partial charge on any atom is 0.416 e. The molecule has 0 aliphatic heterocycles. The Bertz CT molecular complexity index is 477. The molecule has 0 unspecified atom stereocenters. The lowest BCUT2D eigenvalue weighted by atomic mass is 9.79. The summed E-state index contributed by atoms with van der Waals surface area (Å²) in [6, 6.07) is -0.317. The zero-order valence-corrected chi connectivity index (χ0v) is 11.6. The number of hydrogen-bond donors (Lipinski definition) is 3. The molecule has 0 aromatic heterocycles. The van der Waals surface area contributed by atoms with Gasteiger partial charge in [-0.1, -0.05) is 13.8 Å². The number of hydrogen-bond acceptors (Lipinski definition) is 3. The Morgan fingerprint density at radius 2 is 1.75 bits per heavy atom. The van der Waals surface area contributed by atoms with Gasteiger partial charge in [0.25, 0.3) is 0 Å². The van der Waals surface area contributed by atoms with Crippen LogP contribution < -0.4 is 5.73 Å². The van der Waals surface area contributed by atoms with E-state index in [4.69, 9.17) is 10.8 Å². The van der Waals surface area contributed by atoms with Crippen molar-refractivity contribution in [3.05, 3.63) is 29.1 Å². The van der Waals surface area contributed by atoms with Gasteiger partial charge >= 0.3 is 6.18 Å². The van der Waals surface area contributed by atoms with Crippen LogP contribution >= 0.6 is 12.4 Å². The molecule has 0 radical (unpaired) electrons. The van der Waals surface area contributed by atoms with Gasteiger partial charge in [-0.15, -0.1) is 12.4 Å². The Hall–Kier alpha value is -1.05. The van der Waals surface area contributed by atoms with Gasteiger partial charge in [-0.25, -0.2) is 4.39 Å². The maximum absolute atomic E-state index is 13.3. The Labute approximate surface area is 119 Å². The quantitative estimate of drug-likeness (QED) is 0.751. The van der Waals surface area contributed by atoms with Crippen LogP contribution in [0.2, 0.25) is 0 Å². The largest absolute Gasteiger partial charge is 0.505 e. The molecule has 8 heteroatoms. The van der Waals surface area contributed by atoms with E-state index >= 15 is 0 Å². The lowest BCUT2D eigenvalue weighted by molar-refractivity contribution is -0.138. The minimum Gasteiger partial charge on any atom is -0.505 e. The maximum atomic E-state index is 13.3. The van der Waals surface area contributed by atoms with Gasteiger partial charge in [-0.3, -0.25) is 0 Å². The normalized spacial score (nSPS) is 13.8. The van der Waals surface area contributed by atoms with E-state index in [1.54, 1.807) is 0 Å². The van der Waals surface area contributed by atoms with Gasteiger partial charge in [0.05, 0.1) is 5.56 Å². The first-order valence-electron chi connectivity index (χ1n) is 5.47. The van der Waals surface area contributed by atoms with E-state index in [1.807, 2.05) is 0 Å².